The number of carbonyl (C=O) groups excluding carboxylic acids is 1. The van der Waals surface area contributed by atoms with E-state index in [2.05, 4.69) is 33.1 Å². The van der Waals surface area contributed by atoms with Crippen LogP contribution in [0.4, 0.5) is 5.69 Å². The van der Waals surface area contributed by atoms with Gasteiger partial charge in [-0.1, -0.05) is 23.7 Å². The lowest BCUT2D eigenvalue weighted by Crippen LogP contribution is -2.45. The predicted molar refractivity (Wildman–Crippen MR) is 194 cm³/mol. The van der Waals surface area contributed by atoms with Crippen LogP contribution in [-0.2, 0) is 32.3 Å². The number of benzene rings is 2. The van der Waals surface area contributed by atoms with Gasteiger partial charge in [0.2, 0.25) is 15.0 Å². The molecule has 1 aromatic heterocycles. The van der Waals surface area contributed by atoms with Gasteiger partial charge in [0.05, 0.1) is 29.7 Å². The number of carbonyl (C=O) groups is 1. The first-order valence-corrected chi connectivity index (χ1v) is 19.7. The van der Waals surface area contributed by atoms with Gasteiger partial charge in [-0.3, -0.25) is 0 Å². The van der Waals surface area contributed by atoms with Gasteiger partial charge < -0.3 is 19.1 Å². The van der Waals surface area contributed by atoms with E-state index in [1.165, 1.54) is 29.1 Å². The smallest absolute Gasteiger partial charge is 0.338 e. The van der Waals surface area contributed by atoms with Crippen molar-refractivity contribution in [1.82, 2.24) is 9.97 Å². The first-order chi connectivity index (χ1) is 23.9. The van der Waals surface area contributed by atoms with Gasteiger partial charge in [-0.2, -0.15) is 0 Å². The highest BCUT2D eigenvalue weighted by Gasteiger charge is 2.42. The molecule has 1 unspecified atom stereocenters. The van der Waals surface area contributed by atoms with Crippen LogP contribution in [0.2, 0.25) is 5.02 Å². The van der Waals surface area contributed by atoms with Crippen LogP contribution in [-0.4, -0.2) is 62.1 Å². The summed E-state index contributed by atoms with van der Waals surface area (Å²) in [6.07, 6.45) is 11.3. The maximum atomic E-state index is 13.2. The van der Waals surface area contributed by atoms with Crippen molar-refractivity contribution in [3.63, 3.8) is 0 Å². The summed E-state index contributed by atoms with van der Waals surface area (Å²) in [5.41, 5.74) is 4.45. The van der Waals surface area contributed by atoms with E-state index in [-0.39, 0.29) is 28.9 Å². The van der Waals surface area contributed by atoms with Crippen LogP contribution >= 0.6 is 11.6 Å². The first-order valence-electron chi connectivity index (χ1n) is 17.7. The number of anilines is 1. The van der Waals surface area contributed by atoms with Gasteiger partial charge in [0.15, 0.2) is 0 Å². The number of hydrogen-bond donors (Lipinski definition) is 0. The van der Waals surface area contributed by atoms with E-state index < -0.39 is 15.4 Å². The molecule has 1 aliphatic heterocycles. The highest BCUT2D eigenvalue weighted by molar-refractivity contribution is 7.91. The number of hydrogen-bond acceptors (Lipinski definition) is 9. The van der Waals surface area contributed by atoms with Gasteiger partial charge in [0, 0.05) is 37.6 Å². The second kappa shape index (κ2) is 15.4. The average molecular weight is 722 g/mol. The molecule has 268 valence electrons. The summed E-state index contributed by atoms with van der Waals surface area (Å²) < 4.78 is 43.8. The monoisotopic (exact) mass is 721 g/mol. The number of esters is 1. The Kier molecular flexibility index (Phi) is 11.2. The number of halogens is 1. The molecular formula is C39H48ClN3O6S. The Hall–Kier alpha value is -3.47. The SMILES string of the molecule is CO[C@@H](C1=CC(CCS(=O)(=O)c2ncccn2)C1)[C@@H]1CC[C@H]1CN1Cc2ccc(Cl)cc2CCCCOc2ccc(C(=O)OC(C)(C)C)cc21. The van der Waals surface area contributed by atoms with E-state index in [0.29, 0.717) is 37.0 Å². The fraction of sp³-hybridized carbons (Fsp3) is 0.513. The lowest BCUT2D eigenvalue weighted by atomic mass is 9.65. The molecule has 0 amide bonds. The topological polar surface area (TPSA) is 108 Å². The highest BCUT2D eigenvalue weighted by atomic mass is 35.5. The van der Waals surface area contributed by atoms with Crippen LogP contribution in [0.15, 0.2) is 71.7 Å². The predicted octanol–water partition coefficient (Wildman–Crippen LogP) is 7.66. The number of allylic oxidation sites excluding steroid dienone is 1. The Morgan fingerprint density at radius 1 is 1.08 bits per heavy atom. The number of methoxy groups -OCH3 is 1. The highest BCUT2D eigenvalue weighted by Crippen LogP contribution is 2.46. The van der Waals surface area contributed by atoms with Gasteiger partial charge in [0.25, 0.3) is 0 Å². The van der Waals surface area contributed by atoms with Gasteiger partial charge in [-0.25, -0.2) is 23.2 Å². The number of aromatic nitrogens is 2. The molecule has 11 heteroatoms. The molecule has 6 rings (SSSR count). The Labute approximate surface area is 301 Å². The Morgan fingerprint density at radius 2 is 1.86 bits per heavy atom. The molecule has 1 fully saturated rings. The summed E-state index contributed by atoms with van der Waals surface area (Å²) in [4.78, 5) is 23.5. The normalized spacial score (nSPS) is 21.6. The van der Waals surface area contributed by atoms with Crippen molar-refractivity contribution in [1.29, 1.82) is 0 Å². The zero-order valence-electron chi connectivity index (χ0n) is 29.4. The Balaban J connectivity index is 1.23. The third-order valence-electron chi connectivity index (χ3n) is 10.0. The molecule has 0 saturated heterocycles. The number of fused-ring (bicyclic) bond motifs is 2. The zero-order chi connectivity index (χ0) is 35.5. The molecule has 2 heterocycles. The van der Waals surface area contributed by atoms with Gasteiger partial charge in [-0.15, -0.1) is 0 Å². The summed E-state index contributed by atoms with van der Waals surface area (Å²) >= 11 is 6.47. The van der Waals surface area contributed by atoms with E-state index in [9.17, 15) is 13.2 Å². The lowest BCUT2D eigenvalue weighted by molar-refractivity contribution is 0.000675. The third kappa shape index (κ3) is 8.69. The van der Waals surface area contributed by atoms with E-state index in [1.807, 2.05) is 39.0 Å². The van der Waals surface area contributed by atoms with Crippen LogP contribution in [0.3, 0.4) is 0 Å². The van der Waals surface area contributed by atoms with Crippen LogP contribution < -0.4 is 9.64 Å². The molecule has 1 saturated carbocycles. The number of nitrogens with zero attached hydrogens (tertiary/aromatic N) is 3. The maximum absolute atomic E-state index is 13.2. The van der Waals surface area contributed by atoms with Crippen molar-refractivity contribution in [2.75, 3.05) is 30.9 Å². The minimum absolute atomic E-state index is 0.0174. The average Bonchev–Trinajstić information content (AvgIpc) is 3.07. The molecule has 3 aromatic rings. The number of aryl methyl sites for hydroxylation is 1. The summed E-state index contributed by atoms with van der Waals surface area (Å²) in [5.74, 6) is 1.25. The molecule has 9 nitrogen and oxygen atoms in total. The lowest BCUT2D eigenvalue weighted by Gasteiger charge is -2.46. The molecule has 2 aliphatic carbocycles. The molecule has 0 radical (unpaired) electrons. The zero-order valence-corrected chi connectivity index (χ0v) is 31.0. The first kappa shape index (κ1) is 36.3. The summed E-state index contributed by atoms with van der Waals surface area (Å²) in [5, 5.41) is 0.617. The maximum Gasteiger partial charge on any atom is 0.338 e. The second-order valence-corrected chi connectivity index (χ2v) is 17.2. The third-order valence-corrected chi connectivity index (χ3v) is 11.8. The minimum Gasteiger partial charge on any atom is -0.491 e. The molecule has 4 atom stereocenters. The van der Waals surface area contributed by atoms with E-state index in [4.69, 9.17) is 25.8 Å². The number of sulfone groups is 1. The number of rotatable bonds is 10. The molecule has 50 heavy (non-hydrogen) atoms. The Bertz CT molecular complexity index is 1810. The fourth-order valence-electron chi connectivity index (χ4n) is 7.30. The van der Waals surface area contributed by atoms with Crippen molar-refractivity contribution in [2.24, 2.45) is 17.8 Å². The largest absolute Gasteiger partial charge is 0.491 e. The summed E-state index contributed by atoms with van der Waals surface area (Å²) in [6.45, 7) is 7.60. The van der Waals surface area contributed by atoms with Crippen molar-refractivity contribution in [2.45, 2.75) is 89.1 Å². The van der Waals surface area contributed by atoms with Crippen LogP contribution in [0.25, 0.3) is 0 Å². The van der Waals surface area contributed by atoms with Crippen molar-refractivity contribution in [3.05, 3.63) is 88.2 Å². The van der Waals surface area contributed by atoms with Crippen molar-refractivity contribution in [3.8, 4) is 5.75 Å². The van der Waals surface area contributed by atoms with E-state index >= 15 is 0 Å². The van der Waals surface area contributed by atoms with Gasteiger partial charge in [-0.05, 0) is 137 Å². The Morgan fingerprint density at radius 3 is 2.56 bits per heavy atom. The van der Waals surface area contributed by atoms with Crippen LogP contribution in [0.1, 0.15) is 80.8 Å². The van der Waals surface area contributed by atoms with Crippen molar-refractivity contribution >= 4 is 33.1 Å². The standard InChI is InChI=1S/C39H48ClN3O6S/c1-39(2,3)49-37(44)28-11-14-35-34(23-28)43(24-29-9-12-32(40)22-27(29)8-5-6-18-48-35)25-30-10-13-33(30)36(47-4)31-20-26(21-31)15-19-50(45,46)38-41-16-7-17-42-38/h7,9,11-12,14,16-17,20,22-23,26,30,33,36H,5-6,8,10,13,15,18-19,21,24-25H2,1-4H3/t26?,30-,33+,36-/m0/s1. The van der Waals surface area contributed by atoms with E-state index in [1.54, 1.807) is 19.2 Å². The summed E-state index contributed by atoms with van der Waals surface area (Å²) in [6, 6.07) is 13.4. The number of ether oxygens (including phenoxy) is 3. The van der Waals surface area contributed by atoms with Gasteiger partial charge in [0.1, 0.15) is 11.4 Å². The molecule has 0 bridgehead atoms. The molecule has 2 aromatic carbocycles. The molecule has 0 N–H and O–H groups in total. The van der Waals surface area contributed by atoms with Crippen LogP contribution in [0.5, 0.6) is 5.75 Å². The van der Waals surface area contributed by atoms with Crippen molar-refractivity contribution < 1.29 is 27.4 Å². The molecular weight excluding hydrogens is 674 g/mol. The second-order valence-electron chi connectivity index (χ2n) is 14.8. The van der Waals surface area contributed by atoms with Crippen LogP contribution in [0, 0.1) is 17.8 Å². The quantitative estimate of drug-likeness (QED) is 0.118. The fourth-order valence-corrected chi connectivity index (χ4v) is 8.74. The molecule has 3 aliphatic rings. The van der Waals surface area contributed by atoms with Gasteiger partial charge >= 0.3 is 5.97 Å². The molecule has 0 spiro atoms. The summed E-state index contributed by atoms with van der Waals surface area (Å²) in [7, 11) is -1.75. The van der Waals surface area contributed by atoms with E-state index in [0.717, 1.165) is 61.5 Å². The minimum atomic E-state index is -3.52.